The number of benzene rings is 1. The molecule has 3 N–H and O–H groups in total. The van der Waals surface area contributed by atoms with E-state index in [0.717, 1.165) is 12.1 Å². The molecule has 0 saturated carbocycles. The quantitative estimate of drug-likeness (QED) is 0.861. The maximum absolute atomic E-state index is 11.7. The highest BCUT2D eigenvalue weighted by Crippen LogP contribution is 2.06. The highest BCUT2D eigenvalue weighted by atomic mass is 16.2. The Morgan fingerprint density at radius 3 is 2.50 bits per heavy atom. The third-order valence-corrected chi connectivity index (χ3v) is 2.97. The largest absolute Gasteiger partial charge is 0.350 e. The summed E-state index contributed by atoms with van der Waals surface area (Å²) in [4.78, 5) is 11.7. The van der Waals surface area contributed by atoms with Crippen LogP contribution in [0.3, 0.4) is 0 Å². The van der Waals surface area contributed by atoms with E-state index in [2.05, 4.69) is 10.4 Å². The number of rotatable bonds is 5. The SMILES string of the molecule is CC(C)(N)C(=O)NCc1ccc(Cn2cccn2)cc1. The standard InChI is InChI=1S/C15H20N4O/c1-15(2,16)14(20)17-10-12-4-6-13(7-5-12)11-19-9-3-8-18-19/h3-9H,10-11,16H2,1-2H3,(H,17,20). The second kappa shape index (κ2) is 5.88. The van der Waals surface area contributed by atoms with Crippen molar-refractivity contribution < 1.29 is 4.79 Å². The van der Waals surface area contributed by atoms with Gasteiger partial charge in [0.2, 0.25) is 5.91 Å². The van der Waals surface area contributed by atoms with E-state index in [-0.39, 0.29) is 5.91 Å². The van der Waals surface area contributed by atoms with Crippen molar-refractivity contribution in [2.75, 3.05) is 0 Å². The number of aromatic nitrogens is 2. The first-order valence-corrected chi connectivity index (χ1v) is 6.57. The Morgan fingerprint density at radius 2 is 1.95 bits per heavy atom. The number of carbonyl (C=O) groups excluding carboxylic acids is 1. The van der Waals surface area contributed by atoms with Gasteiger partial charge >= 0.3 is 0 Å². The molecular weight excluding hydrogens is 252 g/mol. The molecule has 20 heavy (non-hydrogen) atoms. The van der Waals surface area contributed by atoms with Crippen LogP contribution in [0.2, 0.25) is 0 Å². The molecule has 0 bridgehead atoms. The molecule has 0 fully saturated rings. The highest BCUT2D eigenvalue weighted by molar-refractivity contribution is 5.84. The normalized spacial score (nSPS) is 11.3. The van der Waals surface area contributed by atoms with E-state index in [1.807, 2.05) is 41.2 Å². The summed E-state index contributed by atoms with van der Waals surface area (Å²) in [6.45, 7) is 4.61. The summed E-state index contributed by atoms with van der Waals surface area (Å²) < 4.78 is 1.87. The van der Waals surface area contributed by atoms with E-state index in [1.54, 1.807) is 20.0 Å². The zero-order valence-electron chi connectivity index (χ0n) is 11.8. The van der Waals surface area contributed by atoms with Crippen LogP contribution >= 0.6 is 0 Å². The van der Waals surface area contributed by atoms with E-state index in [1.165, 1.54) is 5.56 Å². The molecule has 0 aliphatic carbocycles. The Bertz CT molecular complexity index is 553. The van der Waals surface area contributed by atoms with Gasteiger partial charge in [-0.1, -0.05) is 24.3 Å². The minimum absolute atomic E-state index is 0.155. The number of hydrogen-bond donors (Lipinski definition) is 2. The van der Waals surface area contributed by atoms with Gasteiger partial charge in [-0.3, -0.25) is 9.48 Å². The summed E-state index contributed by atoms with van der Waals surface area (Å²) >= 11 is 0. The molecule has 0 unspecified atom stereocenters. The third-order valence-electron chi connectivity index (χ3n) is 2.97. The second-order valence-corrected chi connectivity index (χ2v) is 5.42. The van der Waals surface area contributed by atoms with Crippen LogP contribution in [0.15, 0.2) is 42.7 Å². The van der Waals surface area contributed by atoms with Gasteiger partial charge in [-0.25, -0.2) is 0 Å². The Morgan fingerprint density at radius 1 is 1.30 bits per heavy atom. The number of nitrogens with one attached hydrogen (secondary N) is 1. The topological polar surface area (TPSA) is 72.9 Å². The number of nitrogens with zero attached hydrogens (tertiary/aromatic N) is 2. The van der Waals surface area contributed by atoms with Crippen molar-refractivity contribution in [3.05, 3.63) is 53.9 Å². The van der Waals surface area contributed by atoms with Gasteiger partial charge in [0.15, 0.2) is 0 Å². The molecular formula is C15H20N4O. The zero-order chi connectivity index (χ0) is 14.6. The Hall–Kier alpha value is -2.14. The van der Waals surface area contributed by atoms with Crippen molar-refractivity contribution in [2.45, 2.75) is 32.5 Å². The van der Waals surface area contributed by atoms with Crippen LogP contribution in [-0.4, -0.2) is 21.2 Å². The molecule has 106 valence electrons. The van der Waals surface area contributed by atoms with Crippen molar-refractivity contribution in [3.8, 4) is 0 Å². The molecule has 0 radical (unpaired) electrons. The fourth-order valence-corrected chi connectivity index (χ4v) is 1.75. The minimum atomic E-state index is -0.847. The second-order valence-electron chi connectivity index (χ2n) is 5.42. The lowest BCUT2D eigenvalue weighted by molar-refractivity contribution is -0.125. The first-order chi connectivity index (χ1) is 9.45. The number of nitrogens with two attached hydrogens (primary N) is 1. The summed E-state index contributed by atoms with van der Waals surface area (Å²) in [7, 11) is 0. The zero-order valence-corrected chi connectivity index (χ0v) is 11.8. The van der Waals surface area contributed by atoms with Crippen LogP contribution in [-0.2, 0) is 17.9 Å². The minimum Gasteiger partial charge on any atom is -0.350 e. The average molecular weight is 272 g/mol. The maximum atomic E-state index is 11.7. The molecule has 1 aromatic carbocycles. The highest BCUT2D eigenvalue weighted by Gasteiger charge is 2.20. The molecule has 0 saturated heterocycles. The lowest BCUT2D eigenvalue weighted by Crippen LogP contribution is -2.48. The van der Waals surface area contributed by atoms with Crippen molar-refractivity contribution >= 4 is 5.91 Å². The summed E-state index contributed by atoms with van der Waals surface area (Å²) in [5, 5.41) is 6.99. The van der Waals surface area contributed by atoms with Gasteiger partial charge in [-0.05, 0) is 31.0 Å². The van der Waals surface area contributed by atoms with E-state index < -0.39 is 5.54 Å². The van der Waals surface area contributed by atoms with Crippen LogP contribution in [0, 0.1) is 0 Å². The molecule has 1 aromatic heterocycles. The predicted molar refractivity (Wildman–Crippen MR) is 77.9 cm³/mol. The third kappa shape index (κ3) is 3.93. The number of carbonyl (C=O) groups is 1. The summed E-state index contributed by atoms with van der Waals surface area (Å²) in [5.74, 6) is -0.155. The van der Waals surface area contributed by atoms with Gasteiger partial charge in [0.05, 0.1) is 12.1 Å². The van der Waals surface area contributed by atoms with E-state index in [4.69, 9.17) is 5.73 Å². The predicted octanol–water partition coefficient (Wildman–Crippen LogP) is 1.28. The molecule has 2 aromatic rings. The molecule has 0 aliphatic rings. The van der Waals surface area contributed by atoms with Crippen molar-refractivity contribution in [3.63, 3.8) is 0 Å². The molecule has 0 aliphatic heterocycles. The van der Waals surface area contributed by atoms with Crippen molar-refractivity contribution in [1.29, 1.82) is 0 Å². The Kier molecular flexibility index (Phi) is 4.20. The lowest BCUT2D eigenvalue weighted by Gasteiger charge is -2.17. The van der Waals surface area contributed by atoms with Crippen LogP contribution in [0.25, 0.3) is 0 Å². The molecule has 0 spiro atoms. The molecule has 5 nitrogen and oxygen atoms in total. The fourth-order valence-electron chi connectivity index (χ4n) is 1.75. The summed E-state index contributed by atoms with van der Waals surface area (Å²) in [6, 6.07) is 9.98. The molecule has 1 heterocycles. The number of amides is 1. The van der Waals surface area contributed by atoms with Gasteiger partial charge in [-0.15, -0.1) is 0 Å². The molecule has 0 atom stereocenters. The molecule has 2 rings (SSSR count). The van der Waals surface area contributed by atoms with Gasteiger partial charge < -0.3 is 11.1 Å². The fraction of sp³-hybridized carbons (Fsp3) is 0.333. The van der Waals surface area contributed by atoms with Crippen LogP contribution in [0.1, 0.15) is 25.0 Å². The van der Waals surface area contributed by atoms with Crippen LogP contribution in [0.4, 0.5) is 0 Å². The van der Waals surface area contributed by atoms with E-state index in [0.29, 0.717) is 6.54 Å². The van der Waals surface area contributed by atoms with Crippen LogP contribution < -0.4 is 11.1 Å². The van der Waals surface area contributed by atoms with Crippen LogP contribution in [0.5, 0.6) is 0 Å². The van der Waals surface area contributed by atoms with Crippen molar-refractivity contribution in [2.24, 2.45) is 5.73 Å². The molecule has 5 heteroatoms. The van der Waals surface area contributed by atoms with Crippen molar-refractivity contribution in [1.82, 2.24) is 15.1 Å². The average Bonchev–Trinajstić information content (AvgIpc) is 2.89. The van der Waals surface area contributed by atoms with Gasteiger partial charge in [-0.2, -0.15) is 5.10 Å². The smallest absolute Gasteiger partial charge is 0.239 e. The monoisotopic (exact) mass is 272 g/mol. The first-order valence-electron chi connectivity index (χ1n) is 6.57. The van der Waals surface area contributed by atoms with E-state index >= 15 is 0 Å². The lowest BCUT2D eigenvalue weighted by atomic mass is 10.1. The van der Waals surface area contributed by atoms with Gasteiger partial charge in [0.1, 0.15) is 0 Å². The Balaban J connectivity index is 1.90. The summed E-state index contributed by atoms with van der Waals surface area (Å²) in [6.07, 6.45) is 3.69. The maximum Gasteiger partial charge on any atom is 0.239 e. The van der Waals surface area contributed by atoms with E-state index in [9.17, 15) is 4.79 Å². The summed E-state index contributed by atoms with van der Waals surface area (Å²) in [5.41, 5.74) is 7.09. The Labute approximate surface area is 118 Å². The number of hydrogen-bond acceptors (Lipinski definition) is 3. The first kappa shape index (κ1) is 14.3. The van der Waals surface area contributed by atoms with Gasteiger partial charge in [0, 0.05) is 18.9 Å². The molecule has 1 amide bonds. The van der Waals surface area contributed by atoms with Gasteiger partial charge in [0.25, 0.3) is 0 Å².